The van der Waals surface area contributed by atoms with Gasteiger partial charge in [-0.1, -0.05) is 12.1 Å². The van der Waals surface area contributed by atoms with Crippen LogP contribution in [0.1, 0.15) is 12.5 Å². The molecule has 0 fully saturated rings. The molecule has 0 spiro atoms. The molecule has 5 heteroatoms. The average molecular weight is 239 g/mol. The number of carbonyl (C=O) groups is 1. The highest BCUT2D eigenvalue weighted by molar-refractivity contribution is 5.71. The Morgan fingerprint density at radius 1 is 1.47 bits per heavy atom. The molecule has 2 amide bonds. The predicted octanol–water partition coefficient (Wildman–Crippen LogP) is 1.01. The quantitative estimate of drug-likeness (QED) is 0.649. The van der Waals surface area contributed by atoms with Crippen molar-refractivity contribution in [2.24, 2.45) is 5.73 Å². The number of amides is 2. The van der Waals surface area contributed by atoms with Crippen LogP contribution in [-0.2, 0) is 6.42 Å². The van der Waals surface area contributed by atoms with Crippen molar-refractivity contribution in [1.82, 2.24) is 10.6 Å². The Morgan fingerprint density at radius 3 is 2.88 bits per heavy atom. The minimum atomic E-state index is -0.524. The van der Waals surface area contributed by atoms with Crippen LogP contribution in [0.5, 0.6) is 0 Å². The van der Waals surface area contributed by atoms with E-state index in [1.54, 1.807) is 6.07 Å². The van der Waals surface area contributed by atoms with E-state index >= 15 is 0 Å². The van der Waals surface area contributed by atoms with Gasteiger partial charge in [0.05, 0.1) is 0 Å². The maximum Gasteiger partial charge on any atom is 0.312 e. The SMILES string of the molecule is CC(Cc1cccc(F)c1)NCCNC(N)=O. The molecular weight excluding hydrogens is 221 g/mol. The Hall–Kier alpha value is -1.62. The van der Waals surface area contributed by atoms with Gasteiger partial charge in [0.15, 0.2) is 0 Å². The molecule has 4 N–H and O–H groups in total. The van der Waals surface area contributed by atoms with Crippen molar-refractivity contribution in [2.75, 3.05) is 13.1 Å². The molecule has 0 radical (unpaired) electrons. The van der Waals surface area contributed by atoms with Gasteiger partial charge in [-0.05, 0) is 31.0 Å². The molecular formula is C12H18FN3O. The van der Waals surface area contributed by atoms with Crippen molar-refractivity contribution in [3.8, 4) is 0 Å². The van der Waals surface area contributed by atoms with Crippen LogP contribution in [0.2, 0.25) is 0 Å². The molecule has 4 nitrogen and oxygen atoms in total. The summed E-state index contributed by atoms with van der Waals surface area (Å²) in [5, 5.41) is 5.70. The lowest BCUT2D eigenvalue weighted by atomic mass is 10.1. The topological polar surface area (TPSA) is 67.2 Å². The minimum absolute atomic E-state index is 0.214. The fourth-order valence-corrected chi connectivity index (χ4v) is 1.59. The highest BCUT2D eigenvalue weighted by Gasteiger charge is 2.03. The molecule has 17 heavy (non-hydrogen) atoms. The summed E-state index contributed by atoms with van der Waals surface area (Å²) in [7, 11) is 0. The van der Waals surface area contributed by atoms with E-state index in [-0.39, 0.29) is 11.9 Å². The van der Waals surface area contributed by atoms with E-state index in [1.807, 2.05) is 13.0 Å². The Balaban J connectivity index is 2.25. The van der Waals surface area contributed by atoms with Gasteiger partial charge in [-0.25, -0.2) is 9.18 Å². The number of halogens is 1. The maximum atomic E-state index is 12.9. The van der Waals surface area contributed by atoms with Crippen LogP contribution in [-0.4, -0.2) is 25.2 Å². The highest BCUT2D eigenvalue weighted by Crippen LogP contribution is 2.06. The van der Waals surface area contributed by atoms with E-state index in [0.29, 0.717) is 13.1 Å². The summed E-state index contributed by atoms with van der Waals surface area (Å²) in [6.45, 7) is 3.14. The lowest BCUT2D eigenvalue weighted by Crippen LogP contribution is -2.38. The number of hydrogen-bond donors (Lipinski definition) is 3. The smallest absolute Gasteiger partial charge is 0.312 e. The number of hydrogen-bond acceptors (Lipinski definition) is 2. The molecule has 0 aliphatic heterocycles. The van der Waals surface area contributed by atoms with Crippen LogP contribution in [0.25, 0.3) is 0 Å². The molecule has 1 unspecified atom stereocenters. The third kappa shape index (κ3) is 5.87. The summed E-state index contributed by atoms with van der Waals surface area (Å²) >= 11 is 0. The fraction of sp³-hybridized carbons (Fsp3) is 0.417. The molecule has 0 heterocycles. The van der Waals surface area contributed by atoms with Gasteiger partial charge in [0.25, 0.3) is 0 Å². The van der Waals surface area contributed by atoms with Crippen molar-refractivity contribution in [1.29, 1.82) is 0 Å². The van der Waals surface area contributed by atoms with Crippen molar-refractivity contribution in [3.63, 3.8) is 0 Å². The number of rotatable bonds is 6. The number of benzene rings is 1. The molecule has 1 rings (SSSR count). The maximum absolute atomic E-state index is 12.9. The van der Waals surface area contributed by atoms with Gasteiger partial charge in [0, 0.05) is 19.1 Å². The number of urea groups is 1. The Morgan fingerprint density at radius 2 is 2.24 bits per heavy atom. The largest absolute Gasteiger partial charge is 0.352 e. The first-order chi connectivity index (χ1) is 8.08. The van der Waals surface area contributed by atoms with E-state index in [0.717, 1.165) is 12.0 Å². The molecule has 1 aromatic carbocycles. The second-order valence-corrected chi connectivity index (χ2v) is 3.98. The Bertz CT molecular complexity index is 371. The molecule has 0 bridgehead atoms. The molecule has 0 saturated heterocycles. The van der Waals surface area contributed by atoms with Gasteiger partial charge < -0.3 is 16.4 Å². The molecule has 0 aliphatic carbocycles. The van der Waals surface area contributed by atoms with Gasteiger partial charge in [-0.15, -0.1) is 0 Å². The highest BCUT2D eigenvalue weighted by atomic mass is 19.1. The minimum Gasteiger partial charge on any atom is -0.352 e. The summed E-state index contributed by atoms with van der Waals surface area (Å²) < 4.78 is 12.9. The van der Waals surface area contributed by atoms with Gasteiger partial charge in [-0.3, -0.25) is 0 Å². The molecule has 0 aromatic heterocycles. The van der Waals surface area contributed by atoms with Crippen LogP contribution in [0.3, 0.4) is 0 Å². The van der Waals surface area contributed by atoms with Crippen LogP contribution in [0.4, 0.5) is 9.18 Å². The third-order valence-corrected chi connectivity index (χ3v) is 2.35. The van der Waals surface area contributed by atoms with E-state index in [9.17, 15) is 9.18 Å². The summed E-state index contributed by atoms with van der Waals surface area (Å²) in [6, 6.07) is 6.24. The van der Waals surface area contributed by atoms with Gasteiger partial charge in [-0.2, -0.15) is 0 Å². The van der Waals surface area contributed by atoms with Crippen LogP contribution in [0.15, 0.2) is 24.3 Å². The summed E-state index contributed by atoms with van der Waals surface area (Å²) in [6.07, 6.45) is 0.744. The van der Waals surface area contributed by atoms with Crippen molar-refractivity contribution < 1.29 is 9.18 Å². The second kappa shape index (κ2) is 6.85. The molecule has 1 atom stereocenters. The van der Waals surface area contributed by atoms with Crippen molar-refractivity contribution >= 4 is 6.03 Å². The standard InChI is InChI=1S/C12H18FN3O/c1-9(15-5-6-16-12(14)17)7-10-3-2-4-11(13)8-10/h2-4,8-9,15H,5-7H2,1H3,(H3,14,16,17). The molecule has 0 aliphatic rings. The summed E-state index contributed by atoms with van der Waals surface area (Å²) in [5.41, 5.74) is 5.88. The second-order valence-electron chi connectivity index (χ2n) is 3.98. The molecule has 94 valence electrons. The van der Waals surface area contributed by atoms with E-state index in [2.05, 4.69) is 10.6 Å². The van der Waals surface area contributed by atoms with Gasteiger partial charge in [0.1, 0.15) is 5.82 Å². The number of nitrogens with two attached hydrogens (primary N) is 1. The van der Waals surface area contributed by atoms with Crippen molar-refractivity contribution in [3.05, 3.63) is 35.6 Å². The van der Waals surface area contributed by atoms with Gasteiger partial charge in [0.2, 0.25) is 0 Å². The monoisotopic (exact) mass is 239 g/mol. The Kier molecular flexibility index (Phi) is 5.42. The molecule has 1 aromatic rings. The van der Waals surface area contributed by atoms with Crippen LogP contribution < -0.4 is 16.4 Å². The zero-order chi connectivity index (χ0) is 12.7. The number of carbonyl (C=O) groups excluding carboxylic acids is 1. The predicted molar refractivity (Wildman–Crippen MR) is 65.2 cm³/mol. The third-order valence-electron chi connectivity index (χ3n) is 2.35. The summed E-state index contributed by atoms with van der Waals surface area (Å²) in [4.78, 5) is 10.4. The Labute approximate surface area is 100 Å². The van der Waals surface area contributed by atoms with Crippen LogP contribution >= 0.6 is 0 Å². The van der Waals surface area contributed by atoms with E-state index in [1.165, 1.54) is 12.1 Å². The number of primary amides is 1. The van der Waals surface area contributed by atoms with Gasteiger partial charge >= 0.3 is 6.03 Å². The van der Waals surface area contributed by atoms with E-state index in [4.69, 9.17) is 5.73 Å². The van der Waals surface area contributed by atoms with Crippen molar-refractivity contribution in [2.45, 2.75) is 19.4 Å². The average Bonchev–Trinajstić information content (AvgIpc) is 2.24. The fourth-order valence-electron chi connectivity index (χ4n) is 1.59. The summed E-state index contributed by atoms with van der Waals surface area (Å²) in [5.74, 6) is -0.218. The number of nitrogens with one attached hydrogen (secondary N) is 2. The van der Waals surface area contributed by atoms with Crippen LogP contribution in [0, 0.1) is 5.82 Å². The lowest BCUT2D eigenvalue weighted by Gasteiger charge is -2.13. The zero-order valence-corrected chi connectivity index (χ0v) is 9.87. The first kappa shape index (κ1) is 13.4. The molecule has 0 saturated carbocycles. The van der Waals surface area contributed by atoms with E-state index < -0.39 is 6.03 Å². The zero-order valence-electron chi connectivity index (χ0n) is 9.87. The normalized spacial score (nSPS) is 12.1. The first-order valence-corrected chi connectivity index (χ1v) is 5.59. The first-order valence-electron chi connectivity index (χ1n) is 5.59. The lowest BCUT2D eigenvalue weighted by molar-refractivity contribution is 0.249.